The van der Waals surface area contributed by atoms with Gasteiger partial charge >= 0.3 is 0 Å². The number of carbonyl (C=O) groups is 2. The number of rotatable bonds is 4. The van der Waals surface area contributed by atoms with Gasteiger partial charge in [0.2, 0.25) is 0 Å². The maximum Gasteiger partial charge on any atom is 0.274 e. The van der Waals surface area contributed by atoms with Gasteiger partial charge in [-0.2, -0.15) is 5.10 Å². The highest BCUT2D eigenvalue weighted by Gasteiger charge is 2.33. The van der Waals surface area contributed by atoms with Crippen LogP contribution in [0.4, 0.5) is 5.69 Å². The van der Waals surface area contributed by atoms with E-state index in [9.17, 15) is 9.59 Å². The van der Waals surface area contributed by atoms with Gasteiger partial charge in [-0.05, 0) is 35.7 Å². The third-order valence-electron chi connectivity index (χ3n) is 5.61. The molecule has 1 atom stereocenters. The zero-order chi connectivity index (χ0) is 21.4. The Morgan fingerprint density at radius 2 is 1.71 bits per heavy atom. The first-order chi connectivity index (χ1) is 15.1. The van der Waals surface area contributed by atoms with Crippen molar-refractivity contribution in [1.29, 1.82) is 0 Å². The van der Waals surface area contributed by atoms with Gasteiger partial charge in [-0.3, -0.25) is 14.7 Å². The van der Waals surface area contributed by atoms with E-state index < -0.39 is 0 Å². The van der Waals surface area contributed by atoms with Crippen molar-refractivity contribution in [1.82, 2.24) is 15.5 Å². The fraction of sp³-hybridized carbons (Fsp3) is 0.0800. The molecular formula is C25H20N4O2. The lowest BCUT2D eigenvalue weighted by molar-refractivity contribution is 0.0959. The second-order valence-electron chi connectivity index (χ2n) is 7.51. The van der Waals surface area contributed by atoms with Crippen molar-refractivity contribution in [3.8, 4) is 11.1 Å². The fourth-order valence-electron chi connectivity index (χ4n) is 4.09. The molecule has 5 rings (SSSR count). The number of anilines is 1. The largest absolute Gasteiger partial charge is 0.341 e. The molecule has 6 nitrogen and oxygen atoms in total. The number of aromatic nitrogens is 2. The Morgan fingerprint density at radius 3 is 2.52 bits per heavy atom. The summed E-state index contributed by atoms with van der Waals surface area (Å²) in [6.45, 7) is 2.01. The van der Waals surface area contributed by atoms with Gasteiger partial charge in [-0.25, -0.2) is 0 Å². The number of aromatic amines is 1. The number of nitrogens with zero attached hydrogens (tertiary/aromatic N) is 1. The summed E-state index contributed by atoms with van der Waals surface area (Å²) >= 11 is 0. The average molecular weight is 408 g/mol. The van der Waals surface area contributed by atoms with E-state index in [1.54, 1.807) is 18.3 Å². The van der Waals surface area contributed by atoms with Crippen LogP contribution in [0.3, 0.4) is 0 Å². The Morgan fingerprint density at radius 1 is 0.935 bits per heavy atom. The first-order valence-electron chi connectivity index (χ1n) is 10.0. The molecule has 0 fully saturated rings. The first kappa shape index (κ1) is 18.8. The number of benzene rings is 3. The van der Waals surface area contributed by atoms with Crippen LogP contribution in [0.15, 0.2) is 79.0 Å². The summed E-state index contributed by atoms with van der Waals surface area (Å²) in [5.74, 6) is -0.460. The number of hydrogen-bond acceptors (Lipinski definition) is 3. The zero-order valence-electron chi connectivity index (χ0n) is 16.8. The highest BCUT2D eigenvalue weighted by atomic mass is 16.2. The maximum atomic E-state index is 13.2. The molecular weight excluding hydrogens is 388 g/mol. The molecule has 0 spiro atoms. The van der Waals surface area contributed by atoms with Crippen molar-refractivity contribution in [2.24, 2.45) is 0 Å². The molecule has 1 aliphatic heterocycles. The van der Waals surface area contributed by atoms with E-state index in [1.165, 1.54) is 0 Å². The SMILES string of the molecule is Cc1ccccc1C1NC(=O)c2cccc(NC(=O)c3[nH]ncc3-c3ccccc3)c21. The van der Waals surface area contributed by atoms with Crippen molar-refractivity contribution >= 4 is 17.5 Å². The molecule has 1 aliphatic rings. The van der Waals surface area contributed by atoms with Crippen molar-refractivity contribution in [2.75, 3.05) is 5.32 Å². The Labute approximate surface area is 179 Å². The van der Waals surface area contributed by atoms with E-state index >= 15 is 0 Å². The quantitative estimate of drug-likeness (QED) is 0.466. The van der Waals surface area contributed by atoms with Crippen molar-refractivity contribution in [3.63, 3.8) is 0 Å². The minimum atomic E-state index is -0.324. The molecule has 31 heavy (non-hydrogen) atoms. The molecule has 3 N–H and O–H groups in total. The van der Waals surface area contributed by atoms with Gasteiger partial charge in [0.05, 0.1) is 12.2 Å². The Balaban J connectivity index is 1.53. The summed E-state index contributed by atoms with van der Waals surface area (Å²) in [4.78, 5) is 25.8. The van der Waals surface area contributed by atoms with Gasteiger partial charge in [0, 0.05) is 22.4 Å². The van der Waals surface area contributed by atoms with E-state index in [0.717, 1.165) is 27.8 Å². The molecule has 0 saturated heterocycles. The van der Waals surface area contributed by atoms with Crippen LogP contribution in [0.25, 0.3) is 11.1 Å². The Kier molecular flexibility index (Phi) is 4.59. The molecule has 3 aromatic carbocycles. The van der Waals surface area contributed by atoms with Gasteiger partial charge in [0.1, 0.15) is 5.69 Å². The molecule has 2 heterocycles. The smallest absolute Gasteiger partial charge is 0.274 e. The molecule has 0 aliphatic carbocycles. The lowest BCUT2D eigenvalue weighted by atomic mass is 9.93. The van der Waals surface area contributed by atoms with E-state index in [4.69, 9.17) is 0 Å². The predicted octanol–water partition coefficient (Wildman–Crippen LogP) is 4.47. The monoisotopic (exact) mass is 408 g/mol. The summed E-state index contributed by atoms with van der Waals surface area (Å²) in [6.07, 6.45) is 1.64. The lowest BCUT2D eigenvalue weighted by Crippen LogP contribution is -2.21. The number of carbonyl (C=O) groups excluding carboxylic acids is 2. The maximum absolute atomic E-state index is 13.2. The Bertz CT molecular complexity index is 1290. The fourth-order valence-corrected chi connectivity index (χ4v) is 4.09. The van der Waals surface area contributed by atoms with Crippen LogP contribution in [0.5, 0.6) is 0 Å². The van der Waals surface area contributed by atoms with Crippen LogP contribution in [0.1, 0.15) is 43.6 Å². The van der Waals surface area contributed by atoms with E-state index in [2.05, 4.69) is 20.8 Å². The molecule has 1 unspecified atom stereocenters. The number of fused-ring (bicyclic) bond motifs is 1. The van der Waals surface area contributed by atoms with Gasteiger partial charge in [-0.1, -0.05) is 60.7 Å². The van der Waals surface area contributed by atoms with Gasteiger partial charge in [0.15, 0.2) is 0 Å². The van der Waals surface area contributed by atoms with E-state index in [1.807, 2.05) is 67.6 Å². The summed E-state index contributed by atoms with van der Waals surface area (Å²) in [6, 6.07) is 22.6. The first-order valence-corrected chi connectivity index (χ1v) is 10.0. The van der Waals surface area contributed by atoms with E-state index in [-0.39, 0.29) is 17.9 Å². The number of H-pyrrole nitrogens is 1. The second kappa shape index (κ2) is 7.57. The van der Waals surface area contributed by atoms with Crippen LogP contribution in [0.2, 0.25) is 0 Å². The molecule has 1 aromatic heterocycles. The molecule has 0 radical (unpaired) electrons. The minimum Gasteiger partial charge on any atom is -0.341 e. The minimum absolute atomic E-state index is 0.147. The van der Waals surface area contributed by atoms with Gasteiger partial charge < -0.3 is 10.6 Å². The standard InChI is InChI=1S/C25H20N4O2/c1-15-8-5-6-11-17(15)22-21-18(24(30)28-22)12-7-13-20(21)27-25(31)23-19(14-26-29-23)16-9-3-2-4-10-16/h2-14,22H,1H3,(H,26,29)(H,27,31)(H,28,30). The topological polar surface area (TPSA) is 86.9 Å². The number of hydrogen-bond donors (Lipinski definition) is 3. The van der Waals surface area contributed by atoms with Crippen molar-refractivity contribution in [2.45, 2.75) is 13.0 Å². The van der Waals surface area contributed by atoms with Crippen LogP contribution >= 0.6 is 0 Å². The van der Waals surface area contributed by atoms with Crippen molar-refractivity contribution < 1.29 is 9.59 Å². The van der Waals surface area contributed by atoms with Gasteiger partial charge in [0.25, 0.3) is 11.8 Å². The molecule has 0 saturated carbocycles. The summed E-state index contributed by atoms with van der Waals surface area (Å²) < 4.78 is 0. The Hall–Kier alpha value is -4.19. The van der Waals surface area contributed by atoms with Crippen molar-refractivity contribution in [3.05, 3.63) is 107 Å². The normalized spacial score (nSPS) is 14.7. The van der Waals surface area contributed by atoms with Crippen LogP contribution in [-0.4, -0.2) is 22.0 Å². The lowest BCUT2D eigenvalue weighted by Gasteiger charge is -2.18. The van der Waals surface area contributed by atoms with Crippen LogP contribution in [0, 0.1) is 6.92 Å². The summed E-state index contributed by atoms with van der Waals surface area (Å²) in [5.41, 5.74) is 6.00. The van der Waals surface area contributed by atoms with Crippen LogP contribution < -0.4 is 10.6 Å². The van der Waals surface area contributed by atoms with E-state index in [0.29, 0.717) is 16.9 Å². The number of amides is 2. The summed E-state index contributed by atoms with van der Waals surface area (Å²) in [7, 11) is 0. The number of aryl methyl sites for hydroxylation is 1. The predicted molar refractivity (Wildman–Crippen MR) is 119 cm³/mol. The highest BCUT2D eigenvalue weighted by molar-refractivity contribution is 6.09. The molecule has 6 heteroatoms. The molecule has 152 valence electrons. The second-order valence-corrected chi connectivity index (χ2v) is 7.51. The third kappa shape index (κ3) is 3.28. The molecule has 4 aromatic rings. The number of nitrogens with one attached hydrogen (secondary N) is 3. The zero-order valence-corrected chi connectivity index (χ0v) is 16.8. The summed E-state index contributed by atoms with van der Waals surface area (Å²) in [5, 5.41) is 12.9. The average Bonchev–Trinajstić information content (AvgIpc) is 3.41. The molecule has 0 bridgehead atoms. The molecule has 2 amide bonds. The van der Waals surface area contributed by atoms with Crippen LogP contribution in [-0.2, 0) is 0 Å². The third-order valence-corrected chi connectivity index (χ3v) is 5.61. The highest BCUT2D eigenvalue weighted by Crippen LogP contribution is 2.37. The van der Waals surface area contributed by atoms with Gasteiger partial charge in [-0.15, -0.1) is 0 Å².